The van der Waals surface area contributed by atoms with Gasteiger partial charge >= 0.3 is 23.9 Å². The van der Waals surface area contributed by atoms with E-state index in [1.807, 2.05) is 13.8 Å². The fourth-order valence-electron chi connectivity index (χ4n) is 13.1. The van der Waals surface area contributed by atoms with Crippen LogP contribution in [0.3, 0.4) is 0 Å². The second-order valence-corrected chi connectivity index (χ2v) is 19.2. The van der Waals surface area contributed by atoms with Crippen LogP contribution < -0.4 is 0 Å². The molecule has 4 aliphatic carbocycles. The summed E-state index contributed by atoms with van der Waals surface area (Å²) in [5.41, 5.74) is -8.37. The average molecular weight is 794 g/mol. The Balaban J connectivity index is 1.45. The standard InChI is InChI=1S/C41H63NO14/c1-10-20(4)34(46)55-33-28(45)27-23(18-42-17-19(3)12-13-25(42)38(27,9)49)24-16-39-32(40(24,33)50)30(53-22(6)44)29(52-21(5)43)31-36(39,7)15-14-26(41(31,51)56-39)54-35(47)37(8,48)11-2/h19-20,23-33,45,48-51H,10-18H2,1-9H3/t19?,20?,23?,24?,25?,26-,27?,28+,29-,30+,31?,32?,33-,36-,37?,38+,39+,40-,41+/m0/s1. The molecular weight excluding hydrogens is 730 g/mol. The summed E-state index contributed by atoms with van der Waals surface area (Å²) in [6, 6.07) is -0.309. The Morgan fingerprint density at radius 3 is 2.14 bits per heavy atom. The number of nitrogens with zero attached hydrogens (tertiary/aromatic N) is 1. The lowest BCUT2D eigenvalue weighted by Crippen LogP contribution is -2.78. The van der Waals surface area contributed by atoms with E-state index in [4.69, 9.17) is 23.7 Å². The lowest BCUT2D eigenvalue weighted by molar-refractivity contribution is -0.301. The highest BCUT2D eigenvalue weighted by atomic mass is 16.7. The minimum Gasteiger partial charge on any atom is -0.458 e. The Morgan fingerprint density at radius 2 is 1.55 bits per heavy atom. The summed E-state index contributed by atoms with van der Waals surface area (Å²) in [7, 11) is 0. The molecule has 7 fully saturated rings. The maximum atomic E-state index is 13.9. The zero-order valence-electron chi connectivity index (χ0n) is 34.2. The highest BCUT2D eigenvalue weighted by Crippen LogP contribution is 2.78. The van der Waals surface area contributed by atoms with Crippen LogP contribution in [0.1, 0.15) is 107 Å². The molecule has 7 rings (SSSR count). The van der Waals surface area contributed by atoms with Gasteiger partial charge < -0.3 is 49.2 Å². The van der Waals surface area contributed by atoms with Crippen LogP contribution >= 0.6 is 0 Å². The number of esters is 4. The smallest absolute Gasteiger partial charge is 0.338 e. The van der Waals surface area contributed by atoms with Crippen LogP contribution in [-0.2, 0) is 42.9 Å². The summed E-state index contributed by atoms with van der Waals surface area (Å²) in [5.74, 6) is -10.8. The van der Waals surface area contributed by atoms with Crippen molar-refractivity contribution in [2.75, 3.05) is 13.1 Å². The highest BCUT2D eigenvalue weighted by molar-refractivity contribution is 5.79. The molecule has 1 spiro atoms. The third-order valence-corrected chi connectivity index (χ3v) is 16.0. The predicted molar refractivity (Wildman–Crippen MR) is 195 cm³/mol. The van der Waals surface area contributed by atoms with Gasteiger partial charge in [-0.2, -0.15) is 0 Å². The van der Waals surface area contributed by atoms with E-state index in [2.05, 4.69) is 11.8 Å². The SMILES string of the molecule is CCC(C)C(=O)O[C@H]1[C@H](O)C2C(CN3CC(C)CCC3[C@@]2(C)O)C2C[C@@]34O[C@@]5(O)C([C@@H](OC(C)=O)[C@@H](OC(C)=O)C3[C@@]21O)[C@]4(C)CC[C@@H]5OC(=O)C(C)(O)CC. The van der Waals surface area contributed by atoms with Crippen molar-refractivity contribution in [3.63, 3.8) is 0 Å². The molecule has 9 unspecified atom stereocenters. The number of aliphatic hydroxyl groups is 5. The van der Waals surface area contributed by atoms with Gasteiger partial charge in [0.25, 0.3) is 0 Å². The second kappa shape index (κ2) is 13.6. The Kier molecular flexibility index (Phi) is 10.1. The van der Waals surface area contributed by atoms with E-state index in [0.717, 1.165) is 6.42 Å². The number of aliphatic hydroxyl groups excluding tert-OH is 1. The van der Waals surface area contributed by atoms with Gasteiger partial charge in [-0.25, -0.2) is 4.79 Å². The molecule has 316 valence electrons. The first-order chi connectivity index (χ1) is 26.0. The summed E-state index contributed by atoms with van der Waals surface area (Å²) < 4.78 is 31.3. The molecule has 4 saturated carbocycles. The summed E-state index contributed by atoms with van der Waals surface area (Å²) in [6.45, 7) is 15.5. The zero-order valence-corrected chi connectivity index (χ0v) is 34.2. The van der Waals surface area contributed by atoms with Crippen LogP contribution in [0.2, 0.25) is 0 Å². The molecule has 0 aromatic heterocycles. The third-order valence-electron chi connectivity index (χ3n) is 16.0. The van der Waals surface area contributed by atoms with E-state index in [-0.39, 0.29) is 31.7 Å². The topological polar surface area (TPSA) is 219 Å². The molecule has 15 nitrogen and oxygen atoms in total. The number of rotatable bonds is 8. The minimum absolute atomic E-state index is 0.0107. The summed E-state index contributed by atoms with van der Waals surface area (Å²) in [4.78, 5) is 55.6. The quantitative estimate of drug-likeness (QED) is 0.174. The maximum Gasteiger partial charge on any atom is 0.338 e. The van der Waals surface area contributed by atoms with Gasteiger partial charge in [-0.1, -0.05) is 34.6 Å². The van der Waals surface area contributed by atoms with Crippen molar-refractivity contribution in [1.82, 2.24) is 4.90 Å². The molecule has 19 atom stereocenters. The van der Waals surface area contributed by atoms with Gasteiger partial charge in [-0.05, 0) is 76.5 Å². The van der Waals surface area contributed by atoms with Gasteiger partial charge in [0, 0.05) is 44.3 Å². The first-order valence-corrected chi connectivity index (χ1v) is 20.7. The van der Waals surface area contributed by atoms with Gasteiger partial charge in [0.2, 0.25) is 5.79 Å². The first kappa shape index (κ1) is 41.7. The van der Waals surface area contributed by atoms with Crippen LogP contribution in [0.15, 0.2) is 0 Å². The van der Waals surface area contributed by atoms with Crippen molar-refractivity contribution in [3.8, 4) is 0 Å². The number of hydrogen-bond donors (Lipinski definition) is 5. The van der Waals surface area contributed by atoms with Crippen molar-refractivity contribution in [3.05, 3.63) is 0 Å². The first-order valence-electron chi connectivity index (χ1n) is 20.7. The Hall–Kier alpha value is -2.40. The summed E-state index contributed by atoms with van der Waals surface area (Å²) >= 11 is 0. The van der Waals surface area contributed by atoms with Crippen LogP contribution in [0.4, 0.5) is 0 Å². The molecule has 5 N–H and O–H groups in total. The predicted octanol–water partition coefficient (Wildman–Crippen LogP) is 1.61. The minimum atomic E-state index is -2.38. The Labute approximate surface area is 328 Å². The number of carbonyl (C=O) groups is 4. The van der Waals surface area contributed by atoms with Crippen LogP contribution in [0, 0.1) is 46.8 Å². The van der Waals surface area contributed by atoms with E-state index < -0.39 is 124 Å². The molecule has 7 aliphatic rings. The molecule has 0 aromatic rings. The molecule has 56 heavy (non-hydrogen) atoms. The molecule has 4 bridgehead atoms. The molecule has 3 saturated heterocycles. The van der Waals surface area contributed by atoms with E-state index in [1.165, 1.54) is 20.8 Å². The second-order valence-electron chi connectivity index (χ2n) is 19.2. The molecule has 0 aromatic carbocycles. The van der Waals surface area contributed by atoms with E-state index in [9.17, 15) is 44.7 Å². The zero-order chi connectivity index (χ0) is 41.3. The van der Waals surface area contributed by atoms with Crippen molar-refractivity contribution in [2.24, 2.45) is 46.8 Å². The van der Waals surface area contributed by atoms with E-state index in [1.54, 1.807) is 20.8 Å². The Morgan fingerprint density at radius 1 is 0.929 bits per heavy atom. The van der Waals surface area contributed by atoms with Crippen molar-refractivity contribution < 1.29 is 68.4 Å². The number of fused-ring (bicyclic) bond motifs is 5. The van der Waals surface area contributed by atoms with Gasteiger partial charge in [-0.15, -0.1) is 0 Å². The molecule has 3 heterocycles. The number of carbonyl (C=O) groups excluding carboxylic acids is 4. The van der Waals surface area contributed by atoms with Crippen LogP contribution in [-0.4, -0.2) is 132 Å². The molecule has 0 radical (unpaired) electrons. The van der Waals surface area contributed by atoms with E-state index in [0.29, 0.717) is 31.8 Å². The van der Waals surface area contributed by atoms with Crippen LogP contribution in [0.5, 0.6) is 0 Å². The van der Waals surface area contributed by atoms with Crippen molar-refractivity contribution >= 4 is 23.9 Å². The molecular formula is C41H63NO14. The van der Waals surface area contributed by atoms with E-state index >= 15 is 0 Å². The molecule has 3 aliphatic heterocycles. The van der Waals surface area contributed by atoms with Crippen molar-refractivity contribution in [2.45, 2.75) is 172 Å². The highest BCUT2D eigenvalue weighted by Gasteiger charge is 2.90. The number of hydrogen-bond acceptors (Lipinski definition) is 15. The van der Waals surface area contributed by atoms with Gasteiger partial charge in [-0.3, -0.25) is 19.3 Å². The monoisotopic (exact) mass is 793 g/mol. The molecule has 15 heteroatoms. The summed E-state index contributed by atoms with van der Waals surface area (Å²) in [5, 5.41) is 62.9. The Bertz CT molecular complexity index is 1620. The summed E-state index contributed by atoms with van der Waals surface area (Å²) in [6.07, 6.45) is -5.31. The van der Waals surface area contributed by atoms with Gasteiger partial charge in [0.05, 0.1) is 35.1 Å². The fourth-order valence-corrected chi connectivity index (χ4v) is 13.1. The van der Waals surface area contributed by atoms with Gasteiger partial charge in [0.1, 0.15) is 17.8 Å². The largest absolute Gasteiger partial charge is 0.458 e. The fraction of sp³-hybridized carbons (Fsp3) is 0.902. The lowest BCUT2D eigenvalue weighted by Gasteiger charge is -2.64. The van der Waals surface area contributed by atoms with Crippen molar-refractivity contribution in [1.29, 1.82) is 0 Å². The molecule has 0 amide bonds. The average Bonchev–Trinajstić information content (AvgIpc) is 3.40. The normalized spacial score (nSPS) is 50.5. The number of ether oxygens (including phenoxy) is 5. The lowest BCUT2D eigenvalue weighted by atomic mass is 9.48. The maximum absolute atomic E-state index is 13.9. The number of piperidine rings is 2. The van der Waals surface area contributed by atoms with Gasteiger partial charge in [0.15, 0.2) is 17.8 Å². The third kappa shape index (κ3) is 5.60. The van der Waals surface area contributed by atoms with Crippen LogP contribution in [0.25, 0.3) is 0 Å².